The van der Waals surface area contributed by atoms with Crippen LogP contribution in [0.5, 0.6) is 0 Å². The first-order chi connectivity index (χ1) is 13.2. The lowest BCUT2D eigenvalue weighted by Crippen LogP contribution is -2.50. The summed E-state index contributed by atoms with van der Waals surface area (Å²) in [7, 11) is 1.78. The lowest BCUT2D eigenvalue weighted by Gasteiger charge is -2.32. The molecule has 0 atom stereocenters. The number of piperidine rings is 1. The van der Waals surface area contributed by atoms with Gasteiger partial charge in [-0.2, -0.15) is 0 Å². The van der Waals surface area contributed by atoms with Crippen LogP contribution in [0, 0.1) is 5.92 Å². The van der Waals surface area contributed by atoms with E-state index in [-0.39, 0.29) is 30.1 Å². The Balaban J connectivity index is 0.00000392. The van der Waals surface area contributed by atoms with E-state index < -0.39 is 0 Å². The van der Waals surface area contributed by atoms with Crippen LogP contribution in [0.25, 0.3) is 0 Å². The molecule has 2 rings (SSSR count). The molecule has 2 heterocycles. The van der Waals surface area contributed by atoms with Crippen molar-refractivity contribution in [2.24, 2.45) is 10.9 Å². The number of carbonyl (C=O) groups excluding carboxylic acids is 1. The number of rotatable bonds is 8. The fraction of sp³-hybridized carbons (Fsp3) is 0.895. The number of hydrogen-bond acceptors (Lipinski definition) is 5. The molecule has 2 N–H and O–H groups in total. The molecule has 28 heavy (non-hydrogen) atoms. The summed E-state index contributed by atoms with van der Waals surface area (Å²) in [5.41, 5.74) is 0. The van der Waals surface area contributed by atoms with Crippen molar-refractivity contribution >= 4 is 36.0 Å². The number of ether oxygens (including phenoxy) is 3. The molecule has 8 nitrogen and oxygen atoms in total. The van der Waals surface area contributed by atoms with Gasteiger partial charge in [-0.15, -0.1) is 24.0 Å². The Morgan fingerprint density at radius 1 is 1.21 bits per heavy atom. The SMILES string of the molecule is CCOC(=O)N1CCC(NC(=NC)NCCCOCC2CCOCC2)CC1.I. The number of guanidine groups is 1. The number of halogens is 1. The number of amides is 1. The van der Waals surface area contributed by atoms with Gasteiger partial charge in [0.05, 0.1) is 6.61 Å². The third kappa shape index (κ3) is 9.60. The summed E-state index contributed by atoms with van der Waals surface area (Å²) in [6, 6.07) is 0.326. The number of carbonyl (C=O) groups is 1. The standard InChI is InChI=1S/C19H36N4O4.HI/c1-3-27-19(24)23-10-5-17(6-11-23)22-18(20-2)21-9-4-12-26-15-16-7-13-25-14-8-16;/h16-17H,3-15H2,1-2H3,(H2,20,21,22);1H. The van der Waals surface area contributed by atoms with Crippen LogP contribution in [0.15, 0.2) is 4.99 Å². The van der Waals surface area contributed by atoms with Crippen molar-refractivity contribution in [1.29, 1.82) is 0 Å². The van der Waals surface area contributed by atoms with Gasteiger partial charge in [0.1, 0.15) is 0 Å². The maximum Gasteiger partial charge on any atom is 0.409 e. The quantitative estimate of drug-likeness (QED) is 0.225. The summed E-state index contributed by atoms with van der Waals surface area (Å²) in [4.78, 5) is 17.8. The first-order valence-electron chi connectivity index (χ1n) is 10.3. The van der Waals surface area contributed by atoms with Crippen molar-refractivity contribution in [3.63, 3.8) is 0 Å². The van der Waals surface area contributed by atoms with E-state index >= 15 is 0 Å². The van der Waals surface area contributed by atoms with Crippen LogP contribution < -0.4 is 10.6 Å². The highest BCUT2D eigenvalue weighted by Gasteiger charge is 2.24. The minimum Gasteiger partial charge on any atom is -0.450 e. The lowest BCUT2D eigenvalue weighted by atomic mass is 10.0. The average Bonchev–Trinajstić information content (AvgIpc) is 2.71. The first kappa shape index (κ1) is 25.2. The van der Waals surface area contributed by atoms with E-state index in [1.54, 1.807) is 11.9 Å². The maximum atomic E-state index is 11.7. The summed E-state index contributed by atoms with van der Waals surface area (Å²) in [6.07, 6.45) is 4.76. The first-order valence-corrected chi connectivity index (χ1v) is 10.3. The highest BCUT2D eigenvalue weighted by atomic mass is 127. The molecule has 0 spiro atoms. The summed E-state index contributed by atoms with van der Waals surface area (Å²) in [5.74, 6) is 1.47. The molecule has 2 fully saturated rings. The van der Waals surface area contributed by atoms with E-state index in [9.17, 15) is 4.79 Å². The molecule has 1 amide bonds. The molecule has 0 aliphatic carbocycles. The van der Waals surface area contributed by atoms with Crippen molar-refractivity contribution in [2.45, 2.75) is 45.1 Å². The zero-order valence-electron chi connectivity index (χ0n) is 17.3. The second kappa shape index (κ2) is 15.1. The molecule has 2 aliphatic rings. The molecule has 0 aromatic rings. The van der Waals surface area contributed by atoms with Gasteiger partial charge < -0.3 is 29.7 Å². The molecule has 0 saturated carbocycles. The minimum absolute atomic E-state index is 0. The predicted octanol–water partition coefficient (Wildman–Crippen LogP) is 2.22. The highest BCUT2D eigenvalue weighted by molar-refractivity contribution is 14.0. The topological polar surface area (TPSA) is 84.4 Å². The van der Waals surface area contributed by atoms with Crippen LogP contribution in [0.3, 0.4) is 0 Å². The van der Waals surface area contributed by atoms with Gasteiger partial charge in [0, 0.05) is 59.2 Å². The molecule has 0 aromatic carbocycles. The highest BCUT2D eigenvalue weighted by Crippen LogP contribution is 2.14. The second-order valence-electron chi connectivity index (χ2n) is 7.09. The summed E-state index contributed by atoms with van der Waals surface area (Å²) < 4.78 is 16.2. The Bertz CT molecular complexity index is 453. The van der Waals surface area contributed by atoms with Gasteiger partial charge in [-0.25, -0.2) is 4.79 Å². The van der Waals surface area contributed by atoms with E-state index in [1.165, 1.54) is 0 Å². The molecular formula is C19H37IN4O4. The van der Waals surface area contributed by atoms with E-state index in [4.69, 9.17) is 14.2 Å². The Kier molecular flexibility index (Phi) is 13.6. The number of nitrogens with one attached hydrogen (secondary N) is 2. The van der Waals surface area contributed by atoms with Crippen LogP contribution >= 0.6 is 24.0 Å². The maximum absolute atomic E-state index is 11.7. The fourth-order valence-corrected chi connectivity index (χ4v) is 3.35. The normalized spacial score (nSPS) is 19.1. The van der Waals surface area contributed by atoms with Crippen molar-refractivity contribution in [3.05, 3.63) is 0 Å². The van der Waals surface area contributed by atoms with Crippen LogP contribution in [0.2, 0.25) is 0 Å². The summed E-state index contributed by atoms with van der Waals surface area (Å²) in [6.45, 7) is 7.86. The number of likely N-dealkylation sites (tertiary alicyclic amines) is 1. The van der Waals surface area contributed by atoms with Crippen LogP contribution in [-0.2, 0) is 14.2 Å². The van der Waals surface area contributed by atoms with Crippen LogP contribution in [0.1, 0.15) is 39.0 Å². The largest absolute Gasteiger partial charge is 0.450 e. The third-order valence-electron chi connectivity index (χ3n) is 5.04. The zero-order chi connectivity index (χ0) is 19.3. The van der Waals surface area contributed by atoms with Gasteiger partial charge in [-0.05, 0) is 44.9 Å². The molecule has 0 bridgehead atoms. The molecular weight excluding hydrogens is 475 g/mol. The minimum atomic E-state index is -0.209. The molecule has 0 aromatic heterocycles. The van der Waals surface area contributed by atoms with Crippen molar-refractivity contribution < 1.29 is 19.0 Å². The van der Waals surface area contributed by atoms with Gasteiger partial charge in [0.15, 0.2) is 5.96 Å². The molecule has 164 valence electrons. The van der Waals surface area contributed by atoms with E-state index in [0.29, 0.717) is 31.7 Å². The summed E-state index contributed by atoms with van der Waals surface area (Å²) in [5, 5.41) is 6.79. The third-order valence-corrected chi connectivity index (χ3v) is 5.04. The average molecular weight is 512 g/mol. The van der Waals surface area contributed by atoms with Crippen molar-refractivity contribution in [3.8, 4) is 0 Å². The van der Waals surface area contributed by atoms with E-state index in [0.717, 1.165) is 71.0 Å². The second-order valence-corrected chi connectivity index (χ2v) is 7.09. The van der Waals surface area contributed by atoms with Crippen molar-refractivity contribution in [1.82, 2.24) is 15.5 Å². The fourth-order valence-electron chi connectivity index (χ4n) is 3.35. The molecule has 0 unspecified atom stereocenters. The number of aliphatic imine (C=N–C) groups is 1. The van der Waals surface area contributed by atoms with Gasteiger partial charge in [-0.3, -0.25) is 4.99 Å². The molecule has 2 aliphatic heterocycles. The molecule has 0 radical (unpaired) electrons. The van der Waals surface area contributed by atoms with E-state index in [1.807, 2.05) is 6.92 Å². The molecule has 9 heteroatoms. The Hall–Kier alpha value is -0.810. The van der Waals surface area contributed by atoms with Crippen molar-refractivity contribution in [2.75, 3.05) is 59.7 Å². The van der Waals surface area contributed by atoms with Crippen LogP contribution in [-0.4, -0.2) is 82.7 Å². The van der Waals surface area contributed by atoms with Gasteiger partial charge in [0.2, 0.25) is 0 Å². The van der Waals surface area contributed by atoms with Gasteiger partial charge >= 0.3 is 6.09 Å². The Morgan fingerprint density at radius 2 is 1.93 bits per heavy atom. The lowest BCUT2D eigenvalue weighted by molar-refractivity contribution is 0.0203. The monoisotopic (exact) mass is 512 g/mol. The number of hydrogen-bond donors (Lipinski definition) is 2. The Morgan fingerprint density at radius 3 is 2.57 bits per heavy atom. The van der Waals surface area contributed by atoms with Crippen LogP contribution in [0.4, 0.5) is 4.79 Å². The predicted molar refractivity (Wildman–Crippen MR) is 121 cm³/mol. The molecule has 2 saturated heterocycles. The summed E-state index contributed by atoms with van der Waals surface area (Å²) >= 11 is 0. The van der Waals surface area contributed by atoms with Gasteiger partial charge in [0.25, 0.3) is 0 Å². The smallest absolute Gasteiger partial charge is 0.409 e. The zero-order valence-corrected chi connectivity index (χ0v) is 19.6. The van der Waals surface area contributed by atoms with E-state index in [2.05, 4.69) is 15.6 Å². The number of nitrogens with zero attached hydrogens (tertiary/aromatic N) is 2. The van der Waals surface area contributed by atoms with Gasteiger partial charge in [-0.1, -0.05) is 0 Å². The Labute approximate surface area is 186 Å².